The molecule has 1 aromatic carbocycles. The van der Waals surface area contributed by atoms with Crippen LogP contribution in [-0.2, 0) is 6.54 Å². The van der Waals surface area contributed by atoms with Gasteiger partial charge in [0.25, 0.3) is 0 Å². The molecule has 0 aliphatic carbocycles. The lowest BCUT2D eigenvalue weighted by Gasteiger charge is -2.10. The van der Waals surface area contributed by atoms with E-state index in [1.54, 1.807) is 6.20 Å². The van der Waals surface area contributed by atoms with Crippen molar-refractivity contribution in [2.24, 2.45) is 0 Å². The standard InChI is InChI=1S/C20H18N4/c1-15-8-7-12-18-23-19(17-11-5-6-13-21-17)20(24(15)18)22-14-16-9-3-2-4-10-16/h2-13,22H,14H2,1H3. The predicted octanol–water partition coefficient (Wildman–Crippen LogP) is 4.32. The average Bonchev–Trinajstić information content (AvgIpc) is 3.01. The molecule has 4 aromatic rings. The molecule has 0 aliphatic rings. The summed E-state index contributed by atoms with van der Waals surface area (Å²) in [5.74, 6) is 0.977. The van der Waals surface area contributed by atoms with Gasteiger partial charge in [0.05, 0.1) is 5.69 Å². The van der Waals surface area contributed by atoms with E-state index in [2.05, 4.69) is 52.0 Å². The number of benzene rings is 1. The van der Waals surface area contributed by atoms with Crippen LogP contribution in [0.25, 0.3) is 17.0 Å². The summed E-state index contributed by atoms with van der Waals surface area (Å²) in [5.41, 5.74) is 5.04. The maximum absolute atomic E-state index is 4.79. The highest BCUT2D eigenvalue weighted by molar-refractivity contribution is 5.74. The van der Waals surface area contributed by atoms with E-state index in [0.717, 1.165) is 35.1 Å². The highest BCUT2D eigenvalue weighted by Crippen LogP contribution is 2.28. The van der Waals surface area contributed by atoms with Gasteiger partial charge in [-0.1, -0.05) is 42.5 Å². The Morgan fingerprint density at radius 3 is 2.54 bits per heavy atom. The minimum Gasteiger partial charge on any atom is -0.365 e. The second-order valence-electron chi connectivity index (χ2n) is 5.72. The highest BCUT2D eigenvalue weighted by atomic mass is 15.1. The van der Waals surface area contributed by atoms with Crippen LogP contribution in [0, 0.1) is 6.92 Å². The lowest BCUT2D eigenvalue weighted by Crippen LogP contribution is -2.05. The number of aryl methyl sites for hydroxylation is 1. The van der Waals surface area contributed by atoms with Gasteiger partial charge in [-0.25, -0.2) is 4.98 Å². The van der Waals surface area contributed by atoms with E-state index in [4.69, 9.17) is 4.98 Å². The lowest BCUT2D eigenvalue weighted by atomic mass is 10.2. The first-order valence-corrected chi connectivity index (χ1v) is 8.00. The van der Waals surface area contributed by atoms with Gasteiger partial charge < -0.3 is 5.32 Å². The minimum absolute atomic E-state index is 0.739. The lowest BCUT2D eigenvalue weighted by molar-refractivity contribution is 1.04. The third-order valence-electron chi connectivity index (χ3n) is 4.05. The molecule has 0 atom stereocenters. The summed E-state index contributed by atoms with van der Waals surface area (Å²) < 4.78 is 2.15. The van der Waals surface area contributed by atoms with Crippen LogP contribution in [-0.4, -0.2) is 14.4 Å². The molecule has 0 bridgehead atoms. The van der Waals surface area contributed by atoms with Crippen LogP contribution in [0.2, 0.25) is 0 Å². The smallest absolute Gasteiger partial charge is 0.140 e. The van der Waals surface area contributed by atoms with Crippen LogP contribution in [0.3, 0.4) is 0 Å². The first-order valence-electron chi connectivity index (χ1n) is 8.00. The van der Waals surface area contributed by atoms with E-state index in [1.807, 2.05) is 36.4 Å². The molecule has 0 amide bonds. The van der Waals surface area contributed by atoms with E-state index >= 15 is 0 Å². The maximum atomic E-state index is 4.79. The van der Waals surface area contributed by atoms with Crippen LogP contribution in [0.4, 0.5) is 5.82 Å². The molecular weight excluding hydrogens is 296 g/mol. The number of aromatic nitrogens is 3. The summed E-state index contributed by atoms with van der Waals surface area (Å²) in [6.07, 6.45) is 1.80. The number of hydrogen-bond acceptors (Lipinski definition) is 3. The molecule has 1 N–H and O–H groups in total. The van der Waals surface area contributed by atoms with Gasteiger partial charge in [-0.3, -0.25) is 9.38 Å². The molecule has 0 spiro atoms. The highest BCUT2D eigenvalue weighted by Gasteiger charge is 2.15. The first kappa shape index (κ1) is 14.5. The van der Waals surface area contributed by atoms with Crippen molar-refractivity contribution in [3.05, 3.63) is 84.2 Å². The SMILES string of the molecule is Cc1cccc2nc(-c3ccccn3)c(NCc3ccccc3)n12. The Morgan fingerprint density at radius 1 is 0.917 bits per heavy atom. The topological polar surface area (TPSA) is 42.2 Å². The molecule has 0 aliphatic heterocycles. The third kappa shape index (κ3) is 2.63. The van der Waals surface area contributed by atoms with E-state index in [9.17, 15) is 0 Å². The number of rotatable bonds is 4. The third-order valence-corrected chi connectivity index (χ3v) is 4.05. The van der Waals surface area contributed by atoms with Crippen molar-refractivity contribution in [3.63, 3.8) is 0 Å². The molecule has 0 unspecified atom stereocenters. The summed E-state index contributed by atoms with van der Waals surface area (Å²) in [5, 5.41) is 3.55. The molecule has 24 heavy (non-hydrogen) atoms. The Hall–Kier alpha value is -3.14. The Balaban J connectivity index is 1.82. The fourth-order valence-corrected chi connectivity index (χ4v) is 2.88. The second kappa shape index (κ2) is 6.16. The van der Waals surface area contributed by atoms with Crippen LogP contribution in [0.15, 0.2) is 72.9 Å². The van der Waals surface area contributed by atoms with E-state index < -0.39 is 0 Å². The predicted molar refractivity (Wildman–Crippen MR) is 96.9 cm³/mol. The van der Waals surface area contributed by atoms with Gasteiger partial charge in [-0.05, 0) is 36.8 Å². The maximum Gasteiger partial charge on any atom is 0.140 e. The number of anilines is 1. The van der Waals surface area contributed by atoms with Crippen molar-refractivity contribution in [1.82, 2.24) is 14.4 Å². The number of pyridine rings is 2. The van der Waals surface area contributed by atoms with Crippen LogP contribution in [0.1, 0.15) is 11.3 Å². The summed E-state index contributed by atoms with van der Waals surface area (Å²) in [6.45, 7) is 2.83. The molecule has 118 valence electrons. The first-order chi connectivity index (χ1) is 11.8. The molecule has 4 heteroatoms. The van der Waals surface area contributed by atoms with Gasteiger partial charge in [0.2, 0.25) is 0 Å². The van der Waals surface area contributed by atoms with Crippen LogP contribution >= 0.6 is 0 Å². The number of nitrogens with one attached hydrogen (secondary N) is 1. The molecule has 4 nitrogen and oxygen atoms in total. The largest absolute Gasteiger partial charge is 0.365 e. The number of nitrogens with zero attached hydrogens (tertiary/aromatic N) is 3. The van der Waals surface area contributed by atoms with Crippen molar-refractivity contribution in [2.45, 2.75) is 13.5 Å². The normalized spacial score (nSPS) is 10.9. The van der Waals surface area contributed by atoms with Crippen molar-refractivity contribution >= 4 is 11.5 Å². The zero-order chi connectivity index (χ0) is 16.4. The average molecular weight is 314 g/mol. The zero-order valence-electron chi connectivity index (χ0n) is 13.5. The van der Waals surface area contributed by atoms with Crippen molar-refractivity contribution in [3.8, 4) is 11.4 Å². The van der Waals surface area contributed by atoms with Gasteiger partial charge in [0.15, 0.2) is 0 Å². The summed E-state index contributed by atoms with van der Waals surface area (Å²) in [4.78, 5) is 9.27. The van der Waals surface area contributed by atoms with Crippen molar-refractivity contribution < 1.29 is 0 Å². The van der Waals surface area contributed by atoms with Gasteiger partial charge in [0.1, 0.15) is 17.2 Å². The van der Waals surface area contributed by atoms with Crippen LogP contribution < -0.4 is 5.32 Å². The van der Waals surface area contributed by atoms with E-state index in [0.29, 0.717) is 0 Å². The van der Waals surface area contributed by atoms with Gasteiger partial charge in [0, 0.05) is 18.4 Å². The molecule has 3 heterocycles. The van der Waals surface area contributed by atoms with Gasteiger partial charge in [-0.15, -0.1) is 0 Å². The molecular formula is C20H18N4. The molecule has 0 radical (unpaired) electrons. The van der Waals surface area contributed by atoms with Crippen molar-refractivity contribution in [2.75, 3.05) is 5.32 Å². The monoisotopic (exact) mass is 314 g/mol. The summed E-state index contributed by atoms with van der Waals surface area (Å²) in [6, 6.07) is 22.4. The molecule has 3 aromatic heterocycles. The second-order valence-corrected chi connectivity index (χ2v) is 5.72. The Bertz CT molecular complexity index is 959. The van der Waals surface area contributed by atoms with Crippen molar-refractivity contribution in [1.29, 1.82) is 0 Å². The fourth-order valence-electron chi connectivity index (χ4n) is 2.88. The fraction of sp³-hybridized carbons (Fsp3) is 0.100. The number of imidazole rings is 1. The minimum atomic E-state index is 0.739. The quantitative estimate of drug-likeness (QED) is 0.610. The molecule has 4 rings (SSSR count). The van der Waals surface area contributed by atoms with Gasteiger partial charge >= 0.3 is 0 Å². The summed E-state index contributed by atoms with van der Waals surface area (Å²) in [7, 11) is 0. The number of hydrogen-bond donors (Lipinski definition) is 1. The molecule has 0 fully saturated rings. The Kier molecular flexibility index (Phi) is 3.71. The number of fused-ring (bicyclic) bond motifs is 1. The van der Waals surface area contributed by atoms with E-state index in [1.165, 1.54) is 5.56 Å². The van der Waals surface area contributed by atoms with Crippen LogP contribution in [0.5, 0.6) is 0 Å². The Morgan fingerprint density at radius 2 is 1.75 bits per heavy atom. The Labute approximate surface area is 140 Å². The van der Waals surface area contributed by atoms with Gasteiger partial charge in [-0.2, -0.15) is 0 Å². The summed E-state index contributed by atoms with van der Waals surface area (Å²) >= 11 is 0. The molecule has 0 saturated carbocycles. The zero-order valence-corrected chi connectivity index (χ0v) is 13.5. The molecule has 0 saturated heterocycles. The van der Waals surface area contributed by atoms with E-state index in [-0.39, 0.29) is 0 Å².